The van der Waals surface area contributed by atoms with Crippen molar-refractivity contribution in [2.24, 2.45) is 0 Å². The van der Waals surface area contributed by atoms with Crippen LogP contribution in [0, 0.1) is 0 Å². The lowest BCUT2D eigenvalue weighted by atomic mass is 10.3. The first-order valence-corrected chi connectivity index (χ1v) is 7.04. The van der Waals surface area contributed by atoms with E-state index in [0.29, 0.717) is 12.3 Å². The van der Waals surface area contributed by atoms with Gasteiger partial charge in [0.15, 0.2) is 4.71 Å². The van der Waals surface area contributed by atoms with Gasteiger partial charge in [0.1, 0.15) is 5.75 Å². The molecule has 0 bridgehead atoms. The minimum Gasteiger partial charge on any atom is -0.381 e. The molecule has 2 rings (SSSR count). The number of para-hydroxylation sites is 1. The average Bonchev–Trinajstić information content (AvgIpc) is 2.71. The molecule has 4 nitrogen and oxygen atoms in total. The Morgan fingerprint density at radius 2 is 2.07 bits per heavy atom. The Bertz CT molecular complexity index is 412. The van der Waals surface area contributed by atoms with Crippen LogP contribution >= 0.6 is 11.8 Å². The van der Waals surface area contributed by atoms with Gasteiger partial charge in [-0.25, -0.2) is 0 Å². The van der Waals surface area contributed by atoms with E-state index in [2.05, 4.69) is 5.32 Å². The molecule has 1 aromatic rings. The molecule has 0 spiro atoms. The molecule has 0 aromatic heterocycles. The van der Waals surface area contributed by atoms with Gasteiger partial charge in [-0.3, -0.25) is 5.32 Å². The van der Waals surface area contributed by atoms with Crippen LogP contribution in [0.15, 0.2) is 30.3 Å². The molecule has 1 aromatic carbocycles. The maximum Gasteiger partial charge on any atom is 0.335 e. The molecule has 0 amide bonds. The zero-order chi connectivity index (χ0) is 10.7. The van der Waals surface area contributed by atoms with Crippen LogP contribution < -0.4 is 9.50 Å². The van der Waals surface area contributed by atoms with Gasteiger partial charge >= 0.3 is 10.1 Å². The first-order chi connectivity index (χ1) is 7.18. The third-order valence-electron chi connectivity index (χ3n) is 1.90. The zero-order valence-corrected chi connectivity index (χ0v) is 9.55. The zero-order valence-electron chi connectivity index (χ0n) is 7.92. The molecule has 1 aliphatic rings. The second kappa shape index (κ2) is 4.42. The number of hydrogen-bond acceptors (Lipinski definition) is 5. The molecule has 1 N–H and O–H groups in total. The molecule has 15 heavy (non-hydrogen) atoms. The monoisotopic (exact) mass is 245 g/mol. The van der Waals surface area contributed by atoms with Crippen LogP contribution in [-0.2, 0) is 10.1 Å². The van der Waals surface area contributed by atoms with E-state index < -0.39 is 14.8 Å². The molecule has 1 heterocycles. The van der Waals surface area contributed by atoms with E-state index in [0.717, 1.165) is 5.75 Å². The van der Waals surface area contributed by atoms with Crippen LogP contribution in [-0.4, -0.2) is 25.4 Å². The van der Waals surface area contributed by atoms with E-state index in [1.165, 1.54) is 11.8 Å². The van der Waals surface area contributed by atoms with Gasteiger partial charge in [-0.1, -0.05) is 18.2 Å². The highest BCUT2D eigenvalue weighted by Gasteiger charge is 2.30. The SMILES string of the molecule is O=S(=O)(Oc1ccccc1)C1NCCS1. The van der Waals surface area contributed by atoms with E-state index in [-0.39, 0.29) is 0 Å². The topological polar surface area (TPSA) is 55.4 Å². The molecule has 1 saturated heterocycles. The van der Waals surface area contributed by atoms with E-state index in [1.807, 2.05) is 6.07 Å². The summed E-state index contributed by atoms with van der Waals surface area (Å²) in [4.78, 5) is 0. The van der Waals surface area contributed by atoms with Gasteiger partial charge in [0.25, 0.3) is 0 Å². The van der Waals surface area contributed by atoms with Crippen molar-refractivity contribution in [3.8, 4) is 5.75 Å². The number of thioether (sulfide) groups is 1. The number of hydrogen-bond donors (Lipinski definition) is 1. The van der Waals surface area contributed by atoms with Gasteiger partial charge in [0.2, 0.25) is 0 Å². The average molecular weight is 245 g/mol. The van der Waals surface area contributed by atoms with Crippen molar-refractivity contribution in [1.82, 2.24) is 5.32 Å². The molecule has 1 aliphatic heterocycles. The fraction of sp³-hybridized carbons (Fsp3) is 0.333. The summed E-state index contributed by atoms with van der Waals surface area (Å²) < 4.78 is 27.7. The van der Waals surface area contributed by atoms with Crippen molar-refractivity contribution in [1.29, 1.82) is 0 Å². The summed E-state index contributed by atoms with van der Waals surface area (Å²) >= 11 is 1.34. The van der Waals surface area contributed by atoms with Crippen LogP contribution in [0.4, 0.5) is 0 Å². The van der Waals surface area contributed by atoms with Crippen molar-refractivity contribution in [3.05, 3.63) is 30.3 Å². The third kappa shape index (κ3) is 2.64. The highest BCUT2D eigenvalue weighted by molar-refractivity contribution is 8.12. The predicted octanol–water partition coefficient (Wildman–Crippen LogP) is 1.02. The fourth-order valence-electron chi connectivity index (χ4n) is 1.24. The van der Waals surface area contributed by atoms with E-state index in [1.54, 1.807) is 24.3 Å². The standard InChI is InChI=1S/C9H11NO3S2/c11-15(12,9-10-6-7-14-9)13-8-4-2-1-3-5-8/h1-5,9-10H,6-7H2. The van der Waals surface area contributed by atoms with Crippen molar-refractivity contribution >= 4 is 21.9 Å². The van der Waals surface area contributed by atoms with E-state index >= 15 is 0 Å². The maximum atomic E-state index is 11.7. The molecule has 1 unspecified atom stereocenters. The van der Waals surface area contributed by atoms with Crippen LogP contribution in [0.2, 0.25) is 0 Å². The molecular formula is C9H11NO3S2. The fourth-order valence-corrected chi connectivity index (χ4v) is 3.79. The molecule has 6 heteroatoms. The Balaban J connectivity index is 2.11. The summed E-state index contributed by atoms with van der Waals surface area (Å²) in [5.74, 6) is 1.15. The van der Waals surface area contributed by atoms with Gasteiger partial charge in [0.05, 0.1) is 0 Å². The Morgan fingerprint density at radius 1 is 1.33 bits per heavy atom. The summed E-state index contributed by atoms with van der Waals surface area (Å²) in [5.41, 5.74) is 0. The first-order valence-electron chi connectivity index (χ1n) is 4.52. The highest BCUT2D eigenvalue weighted by Crippen LogP contribution is 2.22. The van der Waals surface area contributed by atoms with E-state index in [9.17, 15) is 8.42 Å². The van der Waals surface area contributed by atoms with Gasteiger partial charge in [-0.05, 0) is 12.1 Å². The highest BCUT2D eigenvalue weighted by atomic mass is 32.3. The first kappa shape index (κ1) is 10.8. The third-order valence-corrected chi connectivity index (χ3v) is 5.04. The maximum absolute atomic E-state index is 11.7. The Hall–Kier alpha value is -0.720. The van der Waals surface area contributed by atoms with Crippen LogP contribution in [0.3, 0.4) is 0 Å². The number of rotatable bonds is 3. The number of benzene rings is 1. The minimum absolute atomic E-state index is 0.354. The molecule has 1 fully saturated rings. The Morgan fingerprint density at radius 3 is 2.67 bits per heavy atom. The lowest BCUT2D eigenvalue weighted by molar-refractivity contribution is 0.478. The van der Waals surface area contributed by atoms with Crippen molar-refractivity contribution < 1.29 is 12.6 Å². The number of nitrogens with one attached hydrogen (secondary N) is 1. The molecule has 0 aliphatic carbocycles. The molecular weight excluding hydrogens is 234 g/mol. The van der Waals surface area contributed by atoms with Gasteiger partial charge < -0.3 is 4.18 Å². The molecule has 0 saturated carbocycles. The molecule has 82 valence electrons. The second-order valence-corrected chi connectivity index (χ2v) is 6.18. The van der Waals surface area contributed by atoms with Crippen LogP contribution in [0.5, 0.6) is 5.75 Å². The minimum atomic E-state index is -3.56. The Labute approximate surface area is 93.1 Å². The lowest BCUT2D eigenvalue weighted by Gasteiger charge is -2.11. The van der Waals surface area contributed by atoms with Crippen LogP contribution in [0.25, 0.3) is 0 Å². The summed E-state index contributed by atoms with van der Waals surface area (Å²) in [6.07, 6.45) is 0. The summed E-state index contributed by atoms with van der Waals surface area (Å²) in [5, 5.41) is 2.87. The van der Waals surface area contributed by atoms with Gasteiger partial charge in [0, 0.05) is 12.3 Å². The summed E-state index contributed by atoms with van der Waals surface area (Å²) in [6, 6.07) is 8.52. The second-order valence-electron chi connectivity index (χ2n) is 3.05. The smallest absolute Gasteiger partial charge is 0.335 e. The molecule has 1 atom stereocenters. The largest absolute Gasteiger partial charge is 0.381 e. The van der Waals surface area contributed by atoms with Crippen molar-refractivity contribution in [2.75, 3.05) is 12.3 Å². The molecule has 0 radical (unpaired) electrons. The summed E-state index contributed by atoms with van der Waals surface area (Å²) in [7, 11) is -3.56. The quantitative estimate of drug-likeness (QED) is 0.806. The lowest BCUT2D eigenvalue weighted by Crippen LogP contribution is -2.32. The van der Waals surface area contributed by atoms with Crippen LogP contribution in [0.1, 0.15) is 0 Å². The summed E-state index contributed by atoms with van der Waals surface area (Å²) in [6.45, 7) is 0.701. The normalized spacial score (nSPS) is 21.5. The Kier molecular flexibility index (Phi) is 3.18. The van der Waals surface area contributed by atoms with Crippen molar-refractivity contribution in [3.63, 3.8) is 0 Å². The van der Waals surface area contributed by atoms with E-state index in [4.69, 9.17) is 4.18 Å². The van der Waals surface area contributed by atoms with Gasteiger partial charge in [-0.2, -0.15) is 8.42 Å². The van der Waals surface area contributed by atoms with Crippen molar-refractivity contribution in [2.45, 2.75) is 4.71 Å². The predicted molar refractivity (Wildman–Crippen MR) is 60.2 cm³/mol. The van der Waals surface area contributed by atoms with Gasteiger partial charge in [-0.15, -0.1) is 11.8 Å².